The summed E-state index contributed by atoms with van der Waals surface area (Å²) in [5.41, 5.74) is 7.27. The number of aryl methyl sites for hydroxylation is 1. The van der Waals surface area contributed by atoms with E-state index in [1.54, 1.807) is 6.20 Å². The van der Waals surface area contributed by atoms with Gasteiger partial charge in [-0.3, -0.25) is 4.79 Å². The molecule has 3 amide bonds. The number of carboxylic acids is 1. The van der Waals surface area contributed by atoms with Crippen LogP contribution in [0.2, 0.25) is 0 Å². The van der Waals surface area contributed by atoms with Crippen molar-refractivity contribution in [1.82, 2.24) is 15.2 Å². The van der Waals surface area contributed by atoms with Crippen LogP contribution in [-0.4, -0.2) is 38.9 Å². The van der Waals surface area contributed by atoms with Gasteiger partial charge in [0.2, 0.25) is 5.91 Å². The van der Waals surface area contributed by atoms with Crippen LogP contribution >= 0.6 is 11.3 Å². The summed E-state index contributed by atoms with van der Waals surface area (Å²) in [7, 11) is 0. The lowest BCUT2D eigenvalue weighted by molar-refractivity contribution is -0.166. The van der Waals surface area contributed by atoms with Crippen LogP contribution in [0.15, 0.2) is 66.9 Å². The van der Waals surface area contributed by atoms with E-state index < -0.39 is 35.9 Å². The van der Waals surface area contributed by atoms with Crippen molar-refractivity contribution >= 4 is 34.4 Å². The minimum Gasteiger partial charge on any atom is -0.480 e. The molecule has 1 aliphatic rings. The van der Waals surface area contributed by atoms with Crippen LogP contribution in [-0.2, 0) is 16.0 Å². The number of urea groups is 1. The zero-order chi connectivity index (χ0) is 22.7. The number of anilines is 1. The molecule has 0 bridgehead atoms. The molecule has 0 aliphatic carbocycles. The van der Waals surface area contributed by atoms with Crippen LogP contribution < -0.4 is 11.1 Å². The third-order valence-corrected chi connectivity index (χ3v) is 6.38. The van der Waals surface area contributed by atoms with E-state index in [1.807, 2.05) is 60.7 Å². The van der Waals surface area contributed by atoms with Gasteiger partial charge in [0, 0.05) is 11.1 Å². The van der Waals surface area contributed by atoms with Crippen LogP contribution in [0.3, 0.4) is 0 Å². The fourth-order valence-electron chi connectivity index (χ4n) is 3.92. The van der Waals surface area contributed by atoms with Gasteiger partial charge < -0.3 is 16.2 Å². The minimum absolute atomic E-state index is 0.308. The monoisotopic (exact) mass is 450 g/mol. The summed E-state index contributed by atoms with van der Waals surface area (Å²) < 4.78 is 0. The summed E-state index contributed by atoms with van der Waals surface area (Å²) >= 11 is 1.30. The van der Waals surface area contributed by atoms with Gasteiger partial charge in [-0.15, -0.1) is 11.3 Å². The molecule has 4 rings (SSSR count). The molecular weight excluding hydrogens is 428 g/mol. The number of carboxylic acid groups (broad SMARTS) is 1. The van der Waals surface area contributed by atoms with E-state index in [4.69, 9.17) is 5.73 Å². The molecule has 8 nitrogen and oxygen atoms in total. The number of nitrogens with two attached hydrogens (primary N) is 1. The van der Waals surface area contributed by atoms with Crippen molar-refractivity contribution in [2.24, 2.45) is 5.92 Å². The molecule has 0 saturated carbocycles. The quantitative estimate of drug-likeness (QED) is 0.475. The van der Waals surface area contributed by atoms with Gasteiger partial charge in [-0.1, -0.05) is 60.7 Å². The Morgan fingerprint density at radius 2 is 1.69 bits per heavy atom. The van der Waals surface area contributed by atoms with Crippen LogP contribution in [0.4, 0.5) is 9.93 Å². The van der Waals surface area contributed by atoms with Gasteiger partial charge in [-0.25, -0.2) is 19.5 Å². The van der Waals surface area contributed by atoms with Crippen molar-refractivity contribution in [3.05, 3.63) is 82.9 Å². The maximum atomic E-state index is 13.0. The summed E-state index contributed by atoms with van der Waals surface area (Å²) in [4.78, 5) is 43.3. The Morgan fingerprint density at radius 1 is 1.09 bits per heavy atom. The van der Waals surface area contributed by atoms with Crippen molar-refractivity contribution in [1.29, 1.82) is 0 Å². The third kappa shape index (κ3) is 4.33. The normalized spacial score (nSPS) is 17.8. The van der Waals surface area contributed by atoms with Gasteiger partial charge in [0.1, 0.15) is 0 Å². The first-order valence-corrected chi connectivity index (χ1v) is 10.9. The Labute approximate surface area is 188 Å². The van der Waals surface area contributed by atoms with Gasteiger partial charge in [0.25, 0.3) is 0 Å². The number of nitrogen functional groups attached to an aromatic ring is 1. The molecule has 32 heavy (non-hydrogen) atoms. The highest BCUT2D eigenvalue weighted by Crippen LogP contribution is 2.33. The van der Waals surface area contributed by atoms with Crippen molar-refractivity contribution in [3.8, 4) is 0 Å². The number of rotatable bonds is 7. The number of β-lactam (4-membered cyclic amide) rings is 1. The molecule has 4 N–H and O–H groups in total. The lowest BCUT2D eigenvalue weighted by Gasteiger charge is -2.43. The zero-order valence-electron chi connectivity index (χ0n) is 17.0. The summed E-state index contributed by atoms with van der Waals surface area (Å²) in [6.45, 7) is 0. The number of hydrogen-bond acceptors (Lipinski definition) is 6. The van der Waals surface area contributed by atoms with E-state index in [2.05, 4.69) is 10.3 Å². The van der Waals surface area contributed by atoms with E-state index in [1.165, 1.54) is 11.3 Å². The van der Waals surface area contributed by atoms with Crippen LogP contribution in [0.25, 0.3) is 0 Å². The third-order valence-electron chi connectivity index (χ3n) is 5.49. The minimum atomic E-state index is -1.21. The maximum absolute atomic E-state index is 13.0. The van der Waals surface area contributed by atoms with Crippen molar-refractivity contribution in [3.63, 3.8) is 0 Å². The van der Waals surface area contributed by atoms with Crippen molar-refractivity contribution in [2.75, 3.05) is 5.73 Å². The number of amides is 3. The molecule has 164 valence electrons. The Bertz CT molecular complexity index is 1080. The molecule has 1 aliphatic heterocycles. The molecule has 9 heteroatoms. The Hall–Kier alpha value is -3.72. The van der Waals surface area contributed by atoms with Gasteiger partial charge in [0.05, 0.1) is 12.0 Å². The number of benzene rings is 2. The standard InChI is InChI=1S/C23H22N4O4S/c24-22-25-13-16(32-22)11-12-17-19(21(29)30)27(20(17)28)23(31)26-18(14-7-3-1-4-8-14)15-9-5-2-6-10-15/h1-10,13,17-19H,11-12H2,(H2,24,25)(H,26,31)(H,29,30)/t17-,19+/m1/s1. The highest BCUT2D eigenvalue weighted by atomic mass is 32.1. The van der Waals surface area contributed by atoms with Crippen LogP contribution in [0.5, 0.6) is 0 Å². The first-order chi connectivity index (χ1) is 15.5. The van der Waals surface area contributed by atoms with E-state index in [-0.39, 0.29) is 0 Å². The number of nitrogens with zero attached hydrogens (tertiary/aromatic N) is 2. The van der Waals surface area contributed by atoms with Crippen LogP contribution in [0, 0.1) is 5.92 Å². The second-order valence-electron chi connectivity index (χ2n) is 7.51. The Kier molecular flexibility index (Phi) is 6.18. The predicted octanol–water partition coefficient (Wildman–Crippen LogP) is 3.07. The van der Waals surface area contributed by atoms with E-state index in [0.29, 0.717) is 18.0 Å². The number of hydrogen-bond donors (Lipinski definition) is 3. The highest BCUT2D eigenvalue weighted by Gasteiger charge is 2.54. The molecule has 0 spiro atoms. The van der Waals surface area contributed by atoms with Crippen LogP contribution in [0.1, 0.15) is 28.5 Å². The molecule has 1 fully saturated rings. The number of aliphatic carboxylic acids is 1. The molecule has 2 aromatic carbocycles. The zero-order valence-corrected chi connectivity index (χ0v) is 17.9. The van der Waals surface area contributed by atoms with E-state index in [0.717, 1.165) is 20.9 Å². The second kappa shape index (κ2) is 9.19. The summed E-state index contributed by atoms with van der Waals surface area (Å²) in [6.07, 6.45) is 2.40. The van der Waals surface area contributed by atoms with E-state index in [9.17, 15) is 19.5 Å². The van der Waals surface area contributed by atoms with Crippen molar-refractivity contribution in [2.45, 2.75) is 24.9 Å². The molecule has 0 unspecified atom stereocenters. The summed E-state index contributed by atoms with van der Waals surface area (Å²) in [5.74, 6) is -2.47. The second-order valence-corrected chi connectivity index (χ2v) is 8.65. The number of carbonyl (C=O) groups is 3. The van der Waals surface area contributed by atoms with Gasteiger partial charge in [-0.05, 0) is 24.0 Å². The first-order valence-electron chi connectivity index (χ1n) is 10.1. The first kappa shape index (κ1) is 21.5. The molecule has 0 radical (unpaired) electrons. The van der Waals surface area contributed by atoms with Gasteiger partial charge in [-0.2, -0.15) is 0 Å². The highest BCUT2D eigenvalue weighted by molar-refractivity contribution is 7.15. The number of thiazole rings is 1. The smallest absolute Gasteiger partial charge is 0.327 e. The summed E-state index contributed by atoms with van der Waals surface area (Å²) in [5, 5.41) is 13.0. The van der Waals surface area contributed by atoms with Gasteiger partial charge in [0.15, 0.2) is 11.2 Å². The van der Waals surface area contributed by atoms with E-state index >= 15 is 0 Å². The number of carbonyl (C=O) groups excluding carboxylic acids is 2. The number of likely N-dealkylation sites (tertiary alicyclic amines) is 1. The molecule has 1 aromatic heterocycles. The number of aromatic nitrogens is 1. The van der Waals surface area contributed by atoms with Crippen molar-refractivity contribution < 1.29 is 19.5 Å². The average molecular weight is 451 g/mol. The molecule has 2 atom stereocenters. The largest absolute Gasteiger partial charge is 0.480 e. The molecule has 1 saturated heterocycles. The SMILES string of the molecule is Nc1ncc(CC[C@H]2C(=O)N(C(=O)NC(c3ccccc3)c3ccccc3)[C@@H]2C(=O)O)s1. The lowest BCUT2D eigenvalue weighted by atomic mass is 9.83. The Balaban J connectivity index is 1.50. The fourth-order valence-corrected chi connectivity index (χ4v) is 4.62. The Morgan fingerprint density at radius 3 is 2.19 bits per heavy atom. The predicted molar refractivity (Wildman–Crippen MR) is 120 cm³/mol. The summed E-state index contributed by atoms with van der Waals surface area (Å²) in [6, 6.07) is 16.2. The fraction of sp³-hybridized carbons (Fsp3) is 0.217. The topological polar surface area (TPSA) is 126 Å². The number of nitrogens with one attached hydrogen (secondary N) is 1. The number of imide groups is 1. The average Bonchev–Trinajstić information content (AvgIpc) is 3.21. The molecular formula is C23H22N4O4S. The molecule has 3 aromatic rings. The lowest BCUT2D eigenvalue weighted by Crippen LogP contribution is -2.68. The van der Waals surface area contributed by atoms with Gasteiger partial charge >= 0.3 is 12.0 Å². The maximum Gasteiger partial charge on any atom is 0.327 e. The molecule has 2 heterocycles.